The van der Waals surface area contributed by atoms with E-state index in [1.165, 1.54) is 0 Å². The van der Waals surface area contributed by atoms with Gasteiger partial charge in [-0.3, -0.25) is 10.0 Å². The van der Waals surface area contributed by atoms with Gasteiger partial charge in [0.2, 0.25) is 0 Å². The minimum Gasteiger partial charge on any atom is -0.281 e. The Kier molecular flexibility index (Phi) is 9.78. The summed E-state index contributed by atoms with van der Waals surface area (Å²) in [6.45, 7) is 11.5. The van der Waals surface area contributed by atoms with Gasteiger partial charge in [0.15, 0.2) is 0 Å². The zero-order valence-electron chi connectivity index (χ0n) is 10.2. The molecular weight excluding hydrogens is 178 g/mol. The Labute approximate surface area is 87.4 Å². The summed E-state index contributed by atoms with van der Waals surface area (Å²) in [7, 11) is 0. The van der Waals surface area contributed by atoms with Gasteiger partial charge in [-0.15, -0.1) is 0 Å². The molecule has 84 valence electrons. The van der Waals surface area contributed by atoms with Gasteiger partial charge < -0.3 is 0 Å². The summed E-state index contributed by atoms with van der Waals surface area (Å²) in [4.78, 5) is 11.0. The van der Waals surface area contributed by atoms with E-state index in [-0.39, 0.29) is 11.8 Å². The average molecular weight is 201 g/mol. The van der Waals surface area contributed by atoms with Crippen LogP contribution in [0, 0.1) is 5.92 Å². The van der Waals surface area contributed by atoms with Crippen molar-refractivity contribution in [3.63, 3.8) is 0 Å². The van der Waals surface area contributed by atoms with Gasteiger partial charge in [-0.05, 0) is 13.3 Å². The molecule has 1 aliphatic rings. The van der Waals surface area contributed by atoms with Crippen LogP contribution in [-0.2, 0) is 4.79 Å². The summed E-state index contributed by atoms with van der Waals surface area (Å²) in [6, 6.07) is 0. The minimum absolute atomic E-state index is 0.0753. The van der Waals surface area contributed by atoms with E-state index in [1.54, 1.807) is 13.8 Å². The highest BCUT2D eigenvalue weighted by Crippen LogP contribution is 2.17. The second-order valence-corrected chi connectivity index (χ2v) is 2.63. The molecular formula is C11H23NO2. The number of carbonyl (C=O) groups excluding carboxylic acids is 1. The van der Waals surface area contributed by atoms with Crippen LogP contribution in [-0.4, -0.2) is 16.2 Å². The summed E-state index contributed by atoms with van der Waals surface area (Å²) >= 11 is 0. The van der Waals surface area contributed by atoms with Gasteiger partial charge in [-0.1, -0.05) is 40.7 Å². The predicted octanol–water partition coefficient (Wildman–Crippen LogP) is 3.20. The second-order valence-electron chi connectivity index (χ2n) is 2.63. The Morgan fingerprint density at radius 2 is 1.79 bits per heavy atom. The third kappa shape index (κ3) is 4.42. The monoisotopic (exact) mass is 201 g/mol. The third-order valence-corrected chi connectivity index (χ3v) is 1.73. The highest BCUT2D eigenvalue weighted by atomic mass is 16.5. The maximum Gasteiger partial charge on any atom is 0.253 e. The molecule has 0 saturated carbocycles. The van der Waals surface area contributed by atoms with E-state index in [0.717, 1.165) is 6.42 Å². The van der Waals surface area contributed by atoms with Crippen LogP contribution in [0.15, 0.2) is 11.8 Å². The molecule has 1 atom stereocenters. The SMILES string of the molecule is CC.CC.CC1=CCC(C)C(=O)N1O. The molecule has 0 fully saturated rings. The van der Waals surface area contributed by atoms with E-state index >= 15 is 0 Å². The predicted molar refractivity (Wildman–Crippen MR) is 58.9 cm³/mol. The molecule has 1 amide bonds. The lowest BCUT2D eigenvalue weighted by Crippen LogP contribution is -2.33. The van der Waals surface area contributed by atoms with Gasteiger partial charge in [0.25, 0.3) is 5.91 Å². The second kappa shape index (κ2) is 8.75. The Morgan fingerprint density at radius 1 is 1.36 bits per heavy atom. The number of carbonyl (C=O) groups is 1. The van der Waals surface area contributed by atoms with E-state index in [0.29, 0.717) is 10.8 Å². The Bertz CT molecular complexity index is 188. The van der Waals surface area contributed by atoms with E-state index in [4.69, 9.17) is 5.21 Å². The quantitative estimate of drug-likeness (QED) is 0.611. The fraction of sp³-hybridized carbons (Fsp3) is 0.727. The van der Waals surface area contributed by atoms with Gasteiger partial charge in [-0.25, -0.2) is 0 Å². The van der Waals surface area contributed by atoms with Crippen molar-refractivity contribution in [1.82, 2.24) is 5.06 Å². The molecule has 0 saturated heterocycles. The summed E-state index contributed by atoms with van der Waals surface area (Å²) in [5.41, 5.74) is 0.628. The van der Waals surface area contributed by atoms with Crippen molar-refractivity contribution in [2.24, 2.45) is 5.92 Å². The lowest BCUT2D eigenvalue weighted by molar-refractivity contribution is -0.162. The maximum atomic E-state index is 11.0. The normalized spacial score (nSPS) is 19.9. The molecule has 1 N–H and O–H groups in total. The lowest BCUT2D eigenvalue weighted by atomic mass is 10.0. The van der Waals surface area contributed by atoms with Gasteiger partial charge in [0, 0.05) is 11.6 Å². The molecule has 0 radical (unpaired) electrons. The van der Waals surface area contributed by atoms with Crippen LogP contribution >= 0.6 is 0 Å². The van der Waals surface area contributed by atoms with Crippen molar-refractivity contribution in [1.29, 1.82) is 0 Å². The fourth-order valence-corrected chi connectivity index (χ4v) is 0.917. The van der Waals surface area contributed by atoms with Crippen LogP contribution in [0.1, 0.15) is 48.0 Å². The van der Waals surface area contributed by atoms with Crippen molar-refractivity contribution < 1.29 is 10.0 Å². The van der Waals surface area contributed by atoms with E-state index in [2.05, 4.69) is 0 Å². The summed E-state index contributed by atoms with van der Waals surface area (Å²) in [5.74, 6) is -0.284. The van der Waals surface area contributed by atoms with Crippen LogP contribution in [0.3, 0.4) is 0 Å². The van der Waals surface area contributed by atoms with Crippen LogP contribution < -0.4 is 0 Å². The molecule has 1 aliphatic heterocycles. The van der Waals surface area contributed by atoms with Gasteiger partial charge in [-0.2, -0.15) is 5.06 Å². The first-order chi connectivity index (χ1) is 6.63. The van der Waals surface area contributed by atoms with Crippen LogP contribution in [0.4, 0.5) is 0 Å². The smallest absolute Gasteiger partial charge is 0.253 e. The third-order valence-electron chi connectivity index (χ3n) is 1.73. The molecule has 0 bridgehead atoms. The van der Waals surface area contributed by atoms with Crippen LogP contribution in [0.25, 0.3) is 0 Å². The van der Waals surface area contributed by atoms with Crippen molar-refractivity contribution in [2.75, 3.05) is 0 Å². The Hall–Kier alpha value is -0.830. The fourth-order valence-electron chi connectivity index (χ4n) is 0.917. The number of hydroxylamine groups is 2. The molecule has 0 aliphatic carbocycles. The number of amides is 1. The molecule has 3 heteroatoms. The molecule has 0 aromatic heterocycles. The van der Waals surface area contributed by atoms with E-state index < -0.39 is 0 Å². The van der Waals surface area contributed by atoms with Crippen molar-refractivity contribution >= 4 is 5.91 Å². The molecule has 0 aromatic carbocycles. The number of nitrogens with zero attached hydrogens (tertiary/aromatic N) is 1. The Morgan fingerprint density at radius 3 is 2.14 bits per heavy atom. The zero-order chi connectivity index (χ0) is 11.7. The van der Waals surface area contributed by atoms with Gasteiger partial charge in [0.05, 0.1) is 0 Å². The van der Waals surface area contributed by atoms with Crippen LogP contribution in [0.2, 0.25) is 0 Å². The molecule has 0 spiro atoms. The van der Waals surface area contributed by atoms with Gasteiger partial charge >= 0.3 is 0 Å². The summed E-state index contributed by atoms with van der Waals surface area (Å²) < 4.78 is 0. The molecule has 1 heterocycles. The van der Waals surface area contributed by atoms with Gasteiger partial charge in [0.1, 0.15) is 0 Å². The highest BCUT2D eigenvalue weighted by Gasteiger charge is 2.23. The molecule has 1 unspecified atom stereocenters. The highest BCUT2D eigenvalue weighted by molar-refractivity contribution is 5.80. The average Bonchev–Trinajstić information content (AvgIpc) is 2.26. The number of allylic oxidation sites excluding steroid dienone is 2. The zero-order valence-corrected chi connectivity index (χ0v) is 10.2. The number of hydrogen-bond acceptors (Lipinski definition) is 2. The molecule has 3 nitrogen and oxygen atoms in total. The summed E-state index contributed by atoms with van der Waals surface area (Å²) in [5, 5.41) is 9.75. The standard InChI is InChI=1S/C7H11NO2.2C2H6/c1-5-3-4-6(2)8(10)7(5)9;2*1-2/h4-5,10H,3H2,1-2H3;2*1-2H3. The van der Waals surface area contributed by atoms with Crippen molar-refractivity contribution in [3.05, 3.63) is 11.8 Å². The summed E-state index contributed by atoms with van der Waals surface area (Å²) in [6.07, 6.45) is 2.59. The first-order valence-electron chi connectivity index (χ1n) is 5.32. The topological polar surface area (TPSA) is 40.5 Å². The van der Waals surface area contributed by atoms with Crippen molar-refractivity contribution in [3.8, 4) is 0 Å². The molecule has 14 heavy (non-hydrogen) atoms. The first-order valence-corrected chi connectivity index (χ1v) is 5.32. The molecule has 1 rings (SSSR count). The molecule has 0 aromatic rings. The lowest BCUT2D eigenvalue weighted by Gasteiger charge is -2.23. The maximum absolute atomic E-state index is 11.0. The Balaban J connectivity index is 0. The van der Waals surface area contributed by atoms with E-state index in [1.807, 2.05) is 33.8 Å². The van der Waals surface area contributed by atoms with Crippen LogP contribution in [0.5, 0.6) is 0 Å². The van der Waals surface area contributed by atoms with Crippen molar-refractivity contribution in [2.45, 2.75) is 48.0 Å². The van der Waals surface area contributed by atoms with E-state index in [9.17, 15) is 4.79 Å². The largest absolute Gasteiger partial charge is 0.281 e. The minimum atomic E-state index is -0.208. The number of hydrogen-bond donors (Lipinski definition) is 1. The first kappa shape index (κ1) is 15.6. The number of rotatable bonds is 0.